The van der Waals surface area contributed by atoms with E-state index in [0.29, 0.717) is 0 Å². The highest BCUT2D eigenvalue weighted by Gasteiger charge is 2.17. The Labute approximate surface area is 139 Å². The molecule has 1 aromatic carbocycles. The molecule has 0 aliphatic carbocycles. The summed E-state index contributed by atoms with van der Waals surface area (Å²) in [7, 11) is 0. The lowest BCUT2D eigenvalue weighted by Crippen LogP contribution is -2.31. The van der Waals surface area contributed by atoms with Gasteiger partial charge in [0.05, 0.1) is 6.04 Å². The van der Waals surface area contributed by atoms with Gasteiger partial charge >= 0.3 is 5.82 Å². The highest BCUT2D eigenvalue weighted by molar-refractivity contribution is 5.78. The average molecular weight is 329 g/mol. The molecule has 1 N–H and O–H groups in total. The second-order valence-electron chi connectivity index (χ2n) is 5.50. The van der Waals surface area contributed by atoms with Crippen LogP contribution in [-0.4, -0.2) is 22.4 Å². The predicted molar refractivity (Wildman–Crippen MR) is 88.9 cm³/mol. The van der Waals surface area contributed by atoms with Gasteiger partial charge in [-0.05, 0) is 59.5 Å². The molecule has 2 aromatic rings. The standard InChI is InChI=1S/C17H19N3O4/c1-11-6-7-14(9-12(11)2)13(3)19-16(21)10-24-15-5-4-8-18-17(15)20(22)23/h4-9,13H,10H2,1-3H3,(H,19,21). The molecule has 0 saturated heterocycles. The molecular weight excluding hydrogens is 310 g/mol. The van der Waals surface area contributed by atoms with E-state index in [1.165, 1.54) is 23.9 Å². The number of nitro groups is 1. The van der Waals surface area contributed by atoms with Crippen LogP contribution in [0.3, 0.4) is 0 Å². The molecule has 7 nitrogen and oxygen atoms in total. The highest BCUT2D eigenvalue weighted by Crippen LogP contribution is 2.22. The normalized spacial score (nSPS) is 11.6. The molecule has 1 aromatic heterocycles. The van der Waals surface area contributed by atoms with Crippen molar-refractivity contribution in [2.75, 3.05) is 6.61 Å². The number of nitrogens with one attached hydrogen (secondary N) is 1. The summed E-state index contributed by atoms with van der Waals surface area (Å²) in [5.74, 6) is -0.803. The first-order chi connectivity index (χ1) is 11.4. The van der Waals surface area contributed by atoms with E-state index in [0.717, 1.165) is 11.1 Å². The van der Waals surface area contributed by atoms with Gasteiger partial charge in [-0.25, -0.2) is 0 Å². The van der Waals surface area contributed by atoms with E-state index in [9.17, 15) is 14.9 Å². The van der Waals surface area contributed by atoms with Crippen LogP contribution in [-0.2, 0) is 4.79 Å². The summed E-state index contributed by atoms with van der Waals surface area (Å²) in [6.07, 6.45) is 1.30. The van der Waals surface area contributed by atoms with E-state index in [2.05, 4.69) is 10.3 Å². The zero-order chi connectivity index (χ0) is 17.7. The maximum Gasteiger partial charge on any atom is 0.406 e. The molecule has 0 aliphatic rings. The Morgan fingerprint density at radius 2 is 2.08 bits per heavy atom. The number of ether oxygens (including phenoxy) is 1. The number of nitrogens with zero attached hydrogens (tertiary/aromatic N) is 2. The SMILES string of the molecule is Cc1ccc(C(C)NC(=O)COc2cccnc2[N+](=O)[O-])cc1C. The minimum Gasteiger partial charge on any atom is -0.476 e. The van der Waals surface area contributed by atoms with Gasteiger partial charge in [-0.1, -0.05) is 18.2 Å². The Hall–Kier alpha value is -2.96. The summed E-state index contributed by atoms with van der Waals surface area (Å²) in [5.41, 5.74) is 3.32. The number of amides is 1. The molecule has 1 amide bonds. The Bertz CT molecular complexity index is 761. The molecule has 1 unspecified atom stereocenters. The van der Waals surface area contributed by atoms with Crippen molar-refractivity contribution in [1.29, 1.82) is 0 Å². The number of carbonyl (C=O) groups is 1. The summed E-state index contributed by atoms with van der Waals surface area (Å²) < 4.78 is 5.22. The number of hydrogen-bond donors (Lipinski definition) is 1. The van der Waals surface area contributed by atoms with Crippen LogP contribution in [0.2, 0.25) is 0 Å². The van der Waals surface area contributed by atoms with Crippen LogP contribution in [0.1, 0.15) is 29.7 Å². The number of pyridine rings is 1. The van der Waals surface area contributed by atoms with Gasteiger partial charge in [-0.2, -0.15) is 0 Å². The Morgan fingerprint density at radius 3 is 2.75 bits per heavy atom. The van der Waals surface area contributed by atoms with Crippen LogP contribution in [0.15, 0.2) is 36.5 Å². The number of benzene rings is 1. The van der Waals surface area contributed by atoms with E-state index in [-0.39, 0.29) is 24.3 Å². The first-order valence-electron chi connectivity index (χ1n) is 7.47. The zero-order valence-electron chi connectivity index (χ0n) is 13.8. The maximum atomic E-state index is 12.0. The van der Waals surface area contributed by atoms with E-state index in [4.69, 9.17) is 4.74 Å². The fourth-order valence-electron chi connectivity index (χ4n) is 2.18. The number of rotatable bonds is 6. The van der Waals surface area contributed by atoms with E-state index in [1.807, 2.05) is 39.0 Å². The van der Waals surface area contributed by atoms with Crippen LogP contribution in [0.5, 0.6) is 5.75 Å². The molecule has 0 saturated carbocycles. The second-order valence-corrected chi connectivity index (χ2v) is 5.50. The van der Waals surface area contributed by atoms with Crippen LogP contribution < -0.4 is 10.1 Å². The minimum absolute atomic E-state index is 0.0310. The van der Waals surface area contributed by atoms with Crippen molar-refractivity contribution in [2.45, 2.75) is 26.8 Å². The molecule has 0 bridgehead atoms. The molecule has 1 heterocycles. The monoisotopic (exact) mass is 329 g/mol. The molecule has 126 valence electrons. The molecule has 0 radical (unpaired) electrons. The molecule has 0 aliphatic heterocycles. The molecule has 24 heavy (non-hydrogen) atoms. The third-order valence-corrected chi connectivity index (χ3v) is 3.69. The lowest BCUT2D eigenvalue weighted by atomic mass is 10.0. The summed E-state index contributed by atoms with van der Waals surface area (Å²) in [5, 5.41) is 13.7. The third-order valence-electron chi connectivity index (χ3n) is 3.69. The lowest BCUT2D eigenvalue weighted by Gasteiger charge is -2.16. The van der Waals surface area contributed by atoms with Gasteiger partial charge in [0, 0.05) is 0 Å². The van der Waals surface area contributed by atoms with Crippen LogP contribution in [0.4, 0.5) is 5.82 Å². The molecule has 2 rings (SSSR count). The number of aromatic nitrogens is 1. The molecular formula is C17H19N3O4. The first kappa shape index (κ1) is 17.4. The topological polar surface area (TPSA) is 94.4 Å². The predicted octanol–water partition coefficient (Wildman–Crippen LogP) is 2.86. The van der Waals surface area contributed by atoms with E-state index in [1.54, 1.807) is 0 Å². The summed E-state index contributed by atoms with van der Waals surface area (Å²) in [4.78, 5) is 25.8. The summed E-state index contributed by atoms with van der Waals surface area (Å²) in [6, 6.07) is 8.71. The van der Waals surface area contributed by atoms with E-state index < -0.39 is 10.7 Å². The fraction of sp³-hybridized carbons (Fsp3) is 0.294. The first-order valence-corrected chi connectivity index (χ1v) is 7.47. The second kappa shape index (κ2) is 7.54. The summed E-state index contributed by atoms with van der Waals surface area (Å²) >= 11 is 0. The Balaban J connectivity index is 1.96. The van der Waals surface area contributed by atoms with E-state index >= 15 is 0 Å². The number of carbonyl (C=O) groups excluding carboxylic acids is 1. The minimum atomic E-state index is -0.648. The van der Waals surface area contributed by atoms with Crippen LogP contribution >= 0.6 is 0 Å². The lowest BCUT2D eigenvalue weighted by molar-refractivity contribution is -0.390. The highest BCUT2D eigenvalue weighted by atomic mass is 16.6. The van der Waals surface area contributed by atoms with Gasteiger partial charge < -0.3 is 20.2 Å². The van der Waals surface area contributed by atoms with Crippen molar-refractivity contribution < 1.29 is 14.5 Å². The Morgan fingerprint density at radius 1 is 1.33 bits per heavy atom. The van der Waals surface area contributed by atoms with Gasteiger partial charge in [0.25, 0.3) is 5.91 Å². The number of aryl methyl sites for hydroxylation is 2. The van der Waals surface area contributed by atoms with Crippen molar-refractivity contribution in [3.05, 3.63) is 63.3 Å². The van der Waals surface area contributed by atoms with Gasteiger partial charge in [0.1, 0.15) is 6.20 Å². The Kier molecular flexibility index (Phi) is 5.47. The van der Waals surface area contributed by atoms with Crippen molar-refractivity contribution in [2.24, 2.45) is 0 Å². The zero-order valence-corrected chi connectivity index (χ0v) is 13.8. The van der Waals surface area contributed by atoms with Gasteiger partial charge in [0.15, 0.2) is 6.61 Å². The van der Waals surface area contributed by atoms with Crippen LogP contribution in [0, 0.1) is 24.0 Å². The van der Waals surface area contributed by atoms with Crippen molar-refractivity contribution >= 4 is 11.7 Å². The fourth-order valence-corrected chi connectivity index (χ4v) is 2.18. The maximum absolute atomic E-state index is 12.0. The van der Waals surface area contributed by atoms with Crippen LogP contribution in [0.25, 0.3) is 0 Å². The van der Waals surface area contributed by atoms with Gasteiger partial charge in [0.2, 0.25) is 5.75 Å². The summed E-state index contributed by atoms with van der Waals surface area (Å²) in [6.45, 7) is 5.59. The smallest absolute Gasteiger partial charge is 0.406 e. The number of hydrogen-bond acceptors (Lipinski definition) is 5. The average Bonchev–Trinajstić information content (AvgIpc) is 2.55. The van der Waals surface area contributed by atoms with Gasteiger partial charge in [-0.15, -0.1) is 0 Å². The van der Waals surface area contributed by atoms with Gasteiger partial charge in [-0.3, -0.25) is 4.79 Å². The molecule has 1 atom stereocenters. The van der Waals surface area contributed by atoms with Crippen molar-refractivity contribution in [3.8, 4) is 5.75 Å². The largest absolute Gasteiger partial charge is 0.476 e. The van der Waals surface area contributed by atoms with Crippen molar-refractivity contribution in [1.82, 2.24) is 10.3 Å². The molecule has 0 fully saturated rings. The quantitative estimate of drug-likeness (QED) is 0.649. The molecule has 0 spiro atoms. The molecule has 7 heteroatoms. The third kappa shape index (κ3) is 4.28. The van der Waals surface area contributed by atoms with Crippen molar-refractivity contribution in [3.63, 3.8) is 0 Å².